The molecule has 12 heteroatoms. The fourth-order valence-corrected chi connectivity index (χ4v) is 5.93. The maximum Gasteiger partial charge on any atom is 0.298 e. The molecule has 0 radical (unpaired) electrons. The number of carbonyl (C=O) groups excluding carboxylic acids is 2. The Morgan fingerprint density at radius 3 is 2.48 bits per heavy atom. The van der Waals surface area contributed by atoms with Crippen molar-refractivity contribution in [1.29, 1.82) is 5.26 Å². The summed E-state index contributed by atoms with van der Waals surface area (Å²) in [5.74, 6) is -3.92. The van der Waals surface area contributed by atoms with Crippen molar-refractivity contribution in [2.45, 2.75) is 18.0 Å². The number of benzene rings is 3. The fraction of sp³-hybridized carbons (Fsp3) is 0.250. The average molecular weight is 599 g/mol. The van der Waals surface area contributed by atoms with E-state index in [1.165, 1.54) is 67.9 Å². The molecule has 2 N–H and O–H groups in total. The van der Waals surface area contributed by atoms with Gasteiger partial charge in [-0.3, -0.25) is 19.2 Å². The summed E-state index contributed by atoms with van der Waals surface area (Å²) in [6.45, 7) is 1.22. The number of carbonyl (C=O) groups is 2. The molecule has 2 atom stereocenters. The second kappa shape index (κ2) is 11.5. The molecule has 44 heavy (non-hydrogen) atoms. The number of aromatic nitrogens is 2. The number of alkyl halides is 2. The largest absolute Gasteiger partial charge is 0.495 e. The lowest BCUT2D eigenvalue weighted by Gasteiger charge is -2.37. The molecule has 4 aromatic rings. The minimum absolute atomic E-state index is 0.0729. The van der Waals surface area contributed by atoms with Gasteiger partial charge in [0.05, 0.1) is 43.2 Å². The number of fused-ring (bicyclic) bond motifs is 3. The summed E-state index contributed by atoms with van der Waals surface area (Å²) in [5.41, 5.74) is 0.742. The first-order chi connectivity index (χ1) is 21.3. The highest BCUT2D eigenvalue weighted by atomic mass is 19.3. The van der Waals surface area contributed by atoms with Crippen molar-refractivity contribution in [1.82, 2.24) is 14.7 Å². The van der Waals surface area contributed by atoms with Crippen LogP contribution in [0.25, 0.3) is 0 Å². The van der Waals surface area contributed by atoms with Crippen LogP contribution in [0.1, 0.15) is 43.6 Å². The highest BCUT2D eigenvalue weighted by Crippen LogP contribution is 2.40. The van der Waals surface area contributed by atoms with Gasteiger partial charge in [0.25, 0.3) is 17.7 Å². The van der Waals surface area contributed by atoms with Crippen LogP contribution in [0.2, 0.25) is 0 Å². The molecule has 3 heterocycles. The van der Waals surface area contributed by atoms with Gasteiger partial charge in [-0.1, -0.05) is 42.5 Å². The molecule has 2 aliphatic heterocycles. The summed E-state index contributed by atoms with van der Waals surface area (Å²) in [5, 5.41) is 26.2. The summed E-state index contributed by atoms with van der Waals surface area (Å²) in [6.07, 6.45) is 1.40. The first-order valence-corrected chi connectivity index (χ1v) is 13.9. The Balaban J connectivity index is 1.34. The van der Waals surface area contributed by atoms with Gasteiger partial charge in [-0.05, 0) is 30.3 Å². The monoisotopic (exact) mass is 598 g/mol. The molecular formula is C32H28F2N6O4. The molecule has 0 aliphatic carbocycles. The van der Waals surface area contributed by atoms with Gasteiger partial charge < -0.3 is 20.1 Å². The Hall–Kier alpha value is -5.12. The van der Waals surface area contributed by atoms with Crippen LogP contribution in [-0.4, -0.2) is 71.0 Å². The van der Waals surface area contributed by atoms with Crippen LogP contribution in [0.5, 0.6) is 5.75 Å². The van der Waals surface area contributed by atoms with E-state index in [1.807, 2.05) is 11.0 Å². The number of ether oxygens (including phenoxy) is 1. The summed E-state index contributed by atoms with van der Waals surface area (Å²) in [6, 6.07) is 18.8. The second-order valence-corrected chi connectivity index (χ2v) is 10.6. The fourth-order valence-electron chi connectivity index (χ4n) is 5.93. The number of nitrogens with one attached hydrogen (secondary N) is 1. The lowest BCUT2D eigenvalue weighted by Crippen LogP contribution is -2.51. The predicted octanol–water partition coefficient (Wildman–Crippen LogP) is 4.03. The molecule has 1 fully saturated rings. The van der Waals surface area contributed by atoms with Crippen molar-refractivity contribution in [3.8, 4) is 11.8 Å². The van der Waals surface area contributed by atoms with Gasteiger partial charge in [-0.25, -0.2) is 0 Å². The van der Waals surface area contributed by atoms with E-state index in [0.717, 1.165) is 0 Å². The van der Waals surface area contributed by atoms with Crippen molar-refractivity contribution < 1.29 is 28.2 Å². The van der Waals surface area contributed by atoms with Crippen molar-refractivity contribution in [3.05, 3.63) is 107 Å². The number of halogens is 2. The molecule has 10 nitrogen and oxygen atoms in total. The number of aliphatic hydroxyl groups excluding tert-OH is 1. The third kappa shape index (κ3) is 4.96. The van der Waals surface area contributed by atoms with Gasteiger partial charge in [-0.15, -0.1) is 0 Å². The number of aliphatic hydroxyl groups is 1. The third-order valence-corrected chi connectivity index (χ3v) is 8.09. The molecule has 0 spiro atoms. The van der Waals surface area contributed by atoms with E-state index in [1.54, 1.807) is 27.8 Å². The second-order valence-electron chi connectivity index (χ2n) is 10.6. The van der Waals surface area contributed by atoms with Crippen LogP contribution >= 0.6 is 0 Å². The van der Waals surface area contributed by atoms with Gasteiger partial charge in [0.15, 0.2) is 5.69 Å². The summed E-state index contributed by atoms with van der Waals surface area (Å²) >= 11 is 0. The number of β-amino-alcohol motifs (C(OH)–C–C–N with tert-alkyl or cyclic N) is 1. The van der Waals surface area contributed by atoms with E-state index in [4.69, 9.17) is 4.74 Å². The average Bonchev–Trinajstić information content (AvgIpc) is 3.66. The van der Waals surface area contributed by atoms with Crippen LogP contribution in [0.4, 0.5) is 20.2 Å². The number of nitriles is 1. The normalized spacial score (nSPS) is 18.0. The first-order valence-electron chi connectivity index (χ1n) is 13.9. The highest BCUT2D eigenvalue weighted by Gasteiger charge is 2.48. The number of rotatable bonds is 8. The molecule has 0 bridgehead atoms. The van der Waals surface area contributed by atoms with Gasteiger partial charge in [0.2, 0.25) is 0 Å². The SMILES string of the molecule is COc1ccc(C(=O)Nc2cnn3c2C(=O)N(c2ccc(C(F)(F)c4ccccc4)cc2)[C@H]2CN(CCO)C[C@H]23)cc1C#N. The van der Waals surface area contributed by atoms with E-state index >= 15 is 8.78 Å². The van der Waals surface area contributed by atoms with Crippen LogP contribution in [0.3, 0.4) is 0 Å². The Labute approximate surface area is 251 Å². The van der Waals surface area contributed by atoms with E-state index in [-0.39, 0.29) is 46.3 Å². The van der Waals surface area contributed by atoms with Crippen molar-refractivity contribution >= 4 is 23.2 Å². The molecule has 6 rings (SSSR count). The van der Waals surface area contributed by atoms with E-state index < -0.39 is 23.8 Å². The summed E-state index contributed by atoms with van der Waals surface area (Å²) < 4.78 is 37.3. The smallest absolute Gasteiger partial charge is 0.298 e. The lowest BCUT2D eigenvalue weighted by atomic mass is 9.99. The predicted molar refractivity (Wildman–Crippen MR) is 157 cm³/mol. The molecule has 2 amide bonds. The molecule has 1 aromatic heterocycles. The maximum atomic E-state index is 15.3. The third-order valence-electron chi connectivity index (χ3n) is 8.09. The molecule has 0 saturated carbocycles. The highest BCUT2D eigenvalue weighted by molar-refractivity contribution is 6.13. The minimum Gasteiger partial charge on any atom is -0.495 e. The number of amides is 2. The number of likely N-dealkylation sites (tertiary alicyclic amines) is 1. The van der Waals surface area contributed by atoms with E-state index in [0.29, 0.717) is 31.1 Å². The number of methoxy groups -OCH3 is 1. The molecule has 1 saturated heterocycles. The molecule has 224 valence electrons. The molecule has 0 unspecified atom stereocenters. The topological polar surface area (TPSA) is 124 Å². The zero-order valence-corrected chi connectivity index (χ0v) is 23.7. The Bertz CT molecular complexity index is 1750. The van der Waals surface area contributed by atoms with Gasteiger partial charge >= 0.3 is 0 Å². The number of hydrogen-bond donors (Lipinski definition) is 2. The first kappa shape index (κ1) is 29.0. The van der Waals surface area contributed by atoms with Crippen LogP contribution < -0.4 is 15.0 Å². The van der Waals surface area contributed by atoms with Gasteiger partial charge in [0, 0.05) is 42.0 Å². The zero-order valence-electron chi connectivity index (χ0n) is 23.7. The lowest BCUT2D eigenvalue weighted by molar-refractivity contribution is 0.0428. The van der Waals surface area contributed by atoms with E-state index in [2.05, 4.69) is 10.4 Å². The van der Waals surface area contributed by atoms with Crippen molar-refractivity contribution in [2.75, 3.05) is 43.6 Å². The quantitative estimate of drug-likeness (QED) is 0.314. The Morgan fingerprint density at radius 2 is 1.80 bits per heavy atom. The summed E-state index contributed by atoms with van der Waals surface area (Å²) in [4.78, 5) is 30.9. The molecular weight excluding hydrogens is 570 g/mol. The number of hydrogen-bond acceptors (Lipinski definition) is 7. The van der Waals surface area contributed by atoms with Crippen molar-refractivity contribution in [3.63, 3.8) is 0 Å². The van der Waals surface area contributed by atoms with E-state index in [9.17, 15) is 20.0 Å². The summed E-state index contributed by atoms with van der Waals surface area (Å²) in [7, 11) is 1.42. The van der Waals surface area contributed by atoms with Crippen molar-refractivity contribution in [2.24, 2.45) is 0 Å². The number of anilines is 2. The standard InChI is InChI=1S/C32H28F2N6O4/c1-44-28-12-7-20(15-21(28)16-35)30(42)37-25-17-36-40-27-19-38(13-14-41)18-26(27)39(31(43)29(25)40)24-10-8-23(9-11-24)32(33,34)22-5-3-2-4-6-22/h2-12,15,17,26-27,41H,13-14,18-19H2,1H3,(H,37,42)/t26-,27+/m0/s1. The Morgan fingerprint density at radius 1 is 1.09 bits per heavy atom. The molecule has 2 aliphatic rings. The van der Waals surface area contributed by atoms with Crippen LogP contribution in [0, 0.1) is 11.3 Å². The minimum atomic E-state index is -3.23. The van der Waals surface area contributed by atoms with Crippen LogP contribution in [-0.2, 0) is 5.92 Å². The maximum absolute atomic E-state index is 15.3. The van der Waals surface area contributed by atoms with Gasteiger partial charge in [0.1, 0.15) is 11.8 Å². The Kier molecular flexibility index (Phi) is 7.59. The zero-order chi connectivity index (χ0) is 31.0. The molecule has 3 aromatic carbocycles. The van der Waals surface area contributed by atoms with Gasteiger partial charge in [-0.2, -0.15) is 19.1 Å². The number of nitrogens with zero attached hydrogens (tertiary/aromatic N) is 5. The van der Waals surface area contributed by atoms with Crippen LogP contribution in [0.15, 0.2) is 79.0 Å².